The number of hydrogen-bond donors (Lipinski definition) is 0. The lowest BCUT2D eigenvalue weighted by atomic mass is 10.2. The molecule has 0 bridgehead atoms. The first-order valence-electron chi connectivity index (χ1n) is 7.48. The number of thioether (sulfide) groups is 1. The van der Waals surface area contributed by atoms with Gasteiger partial charge in [0, 0.05) is 12.6 Å². The van der Waals surface area contributed by atoms with Gasteiger partial charge < -0.3 is 13.7 Å². The maximum Gasteiger partial charge on any atom is 0.284 e. The molecule has 0 radical (unpaired) electrons. The largest absolute Gasteiger partial charge is 0.459 e. The molecule has 8 nitrogen and oxygen atoms in total. The van der Waals surface area contributed by atoms with E-state index in [1.807, 2.05) is 6.92 Å². The normalized spacial score (nSPS) is 19.5. The predicted octanol–water partition coefficient (Wildman–Crippen LogP) is 1.46. The molecule has 1 saturated heterocycles. The lowest BCUT2D eigenvalue weighted by Crippen LogP contribution is -2.41. The minimum absolute atomic E-state index is 0.0421. The molecule has 2 aromatic rings. The lowest BCUT2D eigenvalue weighted by Gasteiger charge is -2.26. The number of furan rings is 1. The van der Waals surface area contributed by atoms with Crippen molar-refractivity contribution in [2.75, 3.05) is 23.8 Å². The summed E-state index contributed by atoms with van der Waals surface area (Å²) in [6.45, 7) is 2.32. The summed E-state index contributed by atoms with van der Waals surface area (Å²) < 4.78 is 33.8. The van der Waals surface area contributed by atoms with E-state index in [0.717, 1.165) is 11.8 Å². The Kier molecular flexibility index (Phi) is 4.95. The summed E-state index contributed by atoms with van der Waals surface area (Å²) in [5.74, 6) is 0.883. The molecule has 130 valence electrons. The molecule has 0 N–H and O–H groups in total. The summed E-state index contributed by atoms with van der Waals surface area (Å²) in [5, 5.41) is 8.00. The van der Waals surface area contributed by atoms with E-state index < -0.39 is 9.84 Å². The van der Waals surface area contributed by atoms with Gasteiger partial charge in [0.2, 0.25) is 5.91 Å². The van der Waals surface area contributed by atoms with Crippen LogP contribution in [0.2, 0.25) is 0 Å². The molecule has 0 aromatic carbocycles. The third-order valence-corrected chi connectivity index (χ3v) is 6.32. The van der Waals surface area contributed by atoms with E-state index in [2.05, 4.69) is 10.2 Å². The fourth-order valence-corrected chi connectivity index (χ4v) is 5.01. The number of hydrogen-bond acceptors (Lipinski definition) is 8. The van der Waals surface area contributed by atoms with Crippen LogP contribution in [0.15, 0.2) is 32.5 Å². The van der Waals surface area contributed by atoms with Crippen molar-refractivity contribution in [3.8, 4) is 11.7 Å². The molecule has 0 aliphatic carbocycles. The summed E-state index contributed by atoms with van der Waals surface area (Å²) in [5.41, 5.74) is 0. The van der Waals surface area contributed by atoms with Gasteiger partial charge in [0.25, 0.3) is 11.1 Å². The molecule has 2 aromatic heterocycles. The molecule has 1 aliphatic heterocycles. The van der Waals surface area contributed by atoms with Gasteiger partial charge in [-0.3, -0.25) is 4.79 Å². The Morgan fingerprint density at radius 3 is 2.92 bits per heavy atom. The number of aromatic nitrogens is 2. The average Bonchev–Trinajstić information content (AvgIpc) is 3.26. The van der Waals surface area contributed by atoms with Crippen molar-refractivity contribution >= 4 is 27.5 Å². The summed E-state index contributed by atoms with van der Waals surface area (Å²) in [6.07, 6.45) is 2.00. The standard InChI is InChI=1S/C14H17N3O5S2/c1-2-17(10-5-7-24(19,20)9-10)12(18)8-23-14-16-15-13(22-14)11-4-3-6-21-11/h3-4,6,10H,2,5,7-9H2,1H3/t10-/m1/s1. The van der Waals surface area contributed by atoms with Crippen molar-refractivity contribution in [1.82, 2.24) is 15.1 Å². The maximum absolute atomic E-state index is 12.4. The zero-order valence-corrected chi connectivity index (χ0v) is 14.7. The van der Waals surface area contributed by atoms with E-state index in [1.54, 1.807) is 17.0 Å². The van der Waals surface area contributed by atoms with Gasteiger partial charge in [-0.1, -0.05) is 11.8 Å². The van der Waals surface area contributed by atoms with E-state index >= 15 is 0 Å². The summed E-state index contributed by atoms with van der Waals surface area (Å²) >= 11 is 1.13. The Hall–Kier alpha value is -1.81. The molecule has 3 rings (SSSR count). The highest BCUT2D eigenvalue weighted by molar-refractivity contribution is 7.99. The van der Waals surface area contributed by atoms with Crippen LogP contribution in [-0.2, 0) is 14.6 Å². The summed E-state index contributed by atoms with van der Waals surface area (Å²) in [4.78, 5) is 14.0. The average molecular weight is 371 g/mol. The Morgan fingerprint density at radius 2 is 2.29 bits per heavy atom. The third-order valence-electron chi connectivity index (χ3n) is 3.77. The van der Waals surface area contributed by atoms with Crippen LogP contribution < -0.4 is 0 Å². The number of carbonyl (C=O) groups excluding carboxylic acids is 1. The highest BCUT2D eigenvalue weighted by atomic mass is 32.2. The zero-order valence-electron chi connectivity index (χ0n) is 13.0. The van der Waals surface area contributed by atoms with Gasteiger partial charge in [0.1, 0.15) is 0 Å². The number of nitrogens with zero attached hydrogens (tertiary/aromatic N) is 3. The predicted molar refractivity (Wildman–Crippen MR) is 87.2 cm³/mol. The SMILES string of the molecule is CCN(C(=O)CSc1nnc(-c2ccco2)o1)[C@@H]1CCS(=O)(=O)C1. The van der Waals surface area contributed by atoms with Crippen LogP contribution in [0.3, 0.4) is 0 Å². The number of sulfone groups is 1. The van der Waals surface area contributed by atoms with Crippen LogP contribution in [0.5, 0.6) is 0 Å². The highest BCUT2D eigenvalue weighted by Crippen LogP contribution is 2.24. The second-order valence-corrected chi connectivity index (χ2v) is 8.53. The fourth-order valence-electron chi connectivity index (χ4n) is 2.63. The molecule has 0 saturated carbocycles. The van der Waals surface area contributed by atoms with Gasteiger partial charge in [-0.05, 0) is 25.5 Å². The van der Waals surface area contributed by atoms with Gasteiger partial charge >= 0.3 is 0 Å². The van der Waals surface area contributed by atoms with Gasteiger partial charge in [-0.2, -0.15) is 0 Å². The Labute approximate surface area is 143 Å². The van der Waals surface area contributed by atoms with E-state index in [0.29, 0.717) is 18.7 Å². The maximum atomic E-state index is 12.4. The van der Waals surface area contributed by atoms with E-state index in [9.17, 15) is 13.2 Å². The number of carbonyl (C=O) groups is 1. The van der Waals surface area contributed by atoms with Crippen LogP contribution >= 0.6 is 11.8 Å². The molecule has 1 amide bonds. The lowest BCUT2D eigenvalue weighted by molar-refractivity contribution is -0.129. The first-order valence-corrected chi connectivity index (χ1v) is 10.3. The Morgan fingerprint density at radius 1 is 1.46 bits per heavy atom. The van der Waals surface area contributed by atoms with Gasteiger partial charge in [-0.15, -0.1) is 10.2 Å². The second-order valence-electron chi connectivity index (χ2n) is 5.38. The van der Waals surface area contributed by atoms with Crippen LogP contribution in [0.4, 0.5) is 0 Å². The van der Waals surface area contributed by atoms with Gasteiger partial charge in [0.15, 0.2) is 15.6 Å². The van der Waals surface area contributed by atoms with Gasteiger partial charge in [-0.25, -0.2) is 8.42 Å². The number of rotatable bonds is 6. The quantitative estimate of drug-likeness (QED) is 0.703. The molecular weight excluding hydrogens is 354 g/mol. The Balaban J connectivity index is 1.58. The van der Waals surface area contributed by atoms with Crippen molar-refractivity contribution in [2.45, 2.75) is 24.6 Å². The molecule has 0 unspecified atom stereocenters. The highest BCUT2D eigenvalue weighted by Gasteiger charge is 2.33. The van der Waals surface area contributed by atoms with Crippen LogP contribution in [-0.4, -0.2) is 59.3 Å². The first kappa shape index (κ1) is 17.0. The first-order chi connectivity index (χ1) is 11.5. The van der Waals surface area contributed by atoms with Crippen molar-refractivity contribution < 1.29 is 22.0 Å². The molecule has 0 spiro atoms. The minimum atomic E-state index is -3.02. The van der Waals surface area contributed by atoms with E-state index in [4.69, 9.17) is 8.83 Å². The zero-order chi connectivity index (χ0) is 17.2. The van der Waals surface area contributed by atoms with Crippen LogP contribution in [0, 0.1) is 0 Å². The molecule has 10 heteroatoms. The van der Waals surface area contributed by atoms with Crippen LogP contribution in [0.25, 0.3) is 11.7 Å². The van der Waals surface area contributed by atoms with Crippen molar-refractivity contribution in [3.05, 3.63) is 18.4 Å². The molecule has 24 heavy (non-hydrogen) atoms. The van der Waals surface area contributed by atoms with Crippen molar-refractivity contribution in [3.63, 3.8) is 0 Å². The molecular formula is C14H17N3O5S2. The minimum Gasteiger partial charge on any atom is -0.459 e. The molecule has 3 heterocycles. The fraction of sp³-hybridized carbons (Fsp3) is 0.500. The molecule has 1 aliphatic rings. The second kappa shape index (κ2) is 6.98. The van der Waals surface area contributed by atoms with Crippen LogP contribution in [0.1, 0.15) is 13.3 Å². The third kappa shape index (κ3) is 3.81. The summed E-state index contributed by atoms with van der Waals surface area (Å²) in [7, 11) is -3.02. The number of amides is 1. The van der Waals surface area contributed by atoms with E-state index in [1.165, 1.54) is 6.26 Å². The molecule has 1 atom stereocenters. The molecule has 1 fully saturated rings. The smallest absolute Gasteiger partial charge is 0.284 e. The van der Waals surface area contributed by atoms with E-state index in [-0.39, 0.29) is 40.3 Å². The summed E-state index contributed by atoms with van der Waals surface area (Å²) in [6, 6.07) is 3.17. The van der Waals surface area contributed by atoms with Crippen molar-refractivity contribution in [1.29, 1.82) is 0 Å². The monoisotopic (exact) mass is 371 g/mol. The Bertz CT molecular complexity index is 800. The topological polar surface area (TPSA) is 107 Å². The van der Waals surface area contributed by atoms with Gasteiger partial charge in [0.05, 0.1) is 23.5 Å². The van der Waals surface area contributed by atoms with Crippen molar-refractivity contribution in [2.24, 2.45) is 0 Å².